The van der Waals surface area contributed by atoms with E-state index in [0.717, 1.165) is 6.42 Å². The van der Waals surface area contributed by atoms with Crippen LogP contribution >= 0.6 is 11.6 Å². The normalized spacial score (nSPS) is 17.8. The fourth-order valence-corrected chi connectivity index (χ4v) is 2.94. The third-order valence-electron chi connectivity index (χ3n) is 4.02. The number of halogens is 1. The second kappa shape index (κ2) is 7.61. The average molecular weight is 325 g/mol. The summed E-state index contributed by atoms with van der Waals surface area (Å²) in [5.74, 6) is -0.818. The molecule has 120 valence electrons. The highest BCUT2D eigenvalue weighted by molar-refractivity contribution is 6.30. The smallest absolute Gasteiger partial charge is 0.320 e. The molecular formula is C16H21ClN2O3. The number of amides is 1. The minimum absolute atomic E-state index is 0.0260. The van der Waals surface area contributed by atoms with Crippen molar-refractivity contribution in [2.75, 3.05) is 26.2 Å². The lowest BCUT2D eigenvalue weighted by atomic mass is 10.2. The monoisotopic (exact) mass is 324 g/mol. The van der Waals surface area contributed by atoms with E-state index in [1.165, 1.54) is 0 Å². The molecule has 0 aromatic heterocycles. The quantitative estimate of drug-likeness (QED) is 0.923. The van der Waals surface area contributed by atoms with Gasteiger partial charge in [0.05, 0.1) is 0 Å². The highest BCUT2D eigenvalue weighted by Crippen LogP contribution is 2.15. The number of hydrogen-bond acceptors (Lipinski definition) is 3. The highest BCUT2D eigenvalue weighted by Gasteiger charge is 2.27. The number of benzene rings is 1. The van der Waals surface area contributed by atoms with Crippen LogP contribution in [0.15, 0.2) is 24.3 Å². The van der Waals surface area contributed by atoms with Crippen molar-refractivity contribution in [3.05, 3.63) is 34.9 Å². The van der Waals surface area contributed by atoms with E-state index in [2.05, 4.69) is 0 Å². The second-order valence-electron chi connectivity index (χ2n) is 5.45. The third kappa shape index (κ3) is 3.99. The molecule has 5 nitrogen and oxygen atoms in total. The summed E-state index contributed by atoms with van der Waals surface area (Å²) in [5.41, 5.74) is 0.614. The average Bonchev–Trinajstić information content (AvgIpc) is 2.74. The van der Waals surface area contributed by atoms with Crippen LogP contribution in [0.2, 0.25) is 5.02 Å². The Morgan fingerprint density at radius 1 is 1.18 bits per heavy atom. The second-order valence-corrected chi connectivity index (χ2v) is 5.89. The van der Waals surface area contributed by atoms with E-state index in [4.69, 9.17) is 11.6 Å². The van der Waals surface area contributed by atoms with E-state index >= 15 is 0 Å². The van der Waals surface area contributed by atoms with Crippen molar-refractivity contribution in [2.24, 2.45) is 0 Å². The molecule has 1 fully saturated rings. The van der Waals surface area contributed by atoms with Crippen molar-refractivity contribution in [2.45, 2.75) is 25.8 Å². The van der Waals surface area contributed by atoms with Crippen molar-refractivity contribution < 1.29 is 14.7 Å². The summed E-state index contributed by atoms with van der Waals surface area (Å²) < 4.78 is 0. The molecule has 22 heavy (non-hydrogen) atoms. The Hall–Kier alpha value is -1.59. The molecule has 1 aromatic carbocycles. The first-order valence-electron chi connectivity index (χ1n) is 7.54. The number of rotatable bonds is 4. The van der Waals surface area contributed by atoms with Gasteiger partial charge in [-0.3, -0.25) is 14.5 Å². The number of hydrogen-bond donors (Lipinski definition) is 1. The van der Waals surface area contributed by atoms with E-state index in [0.29, 0.717) is 43.2 Å². The molecule has 6 heteroatoms. The number of aliphatic carboxylic acids is 1. The summed E-state index contributed by atoms with van der Waals surface area (Å²) in [4.78, 5) is 27.5. The molecule has 1 heterocycles. The first-order chi connectivity index (χ1) is 10.5. The van der Waals surface area contributed by atoms with E-state index in [9.17, 15) is 14.7 Å². The Kier molecular flexibility index (Phi) is 5.80. The molecule has 1 aromatic rings. The van der Waals surface area contributed by atoms with Crippen molar-refractivity contribution in [3.8, 4) is 0 Å². The Bertz CT molecular complexity index is 533. The molecule has 1 saturated heterocycles. The van der Waals surface area contributed by atoms with Crippen LogP contribution in [0.1, 0.15) is 30.1 Å². The van der Waals surface area contributed by atoms with E-state index in [1.54, 1.807) is 29.2 Å². The lowest BCUT2D eigenvalue weighted by Crippen LogP contribution is -2.43. The van der Waals surface area contributed by atoms with Crippen LogP contribution in [0.5, 0.6) is 0 Å². The Morgan fingerprint density at radius 3 is 2.45 bits per heavy atom. The zero-order chi connectivity index (χ0) is 16.1. The Labute approximate surface area is 135 Å². The maximum absolute atomic E-state index is 12.5. The summed E-state index contributed by atoms with van der Waals surface area (Å²) in [7, 11) is 0. The molecule has 1 N–H and O–H groups in total. The standard InChI is InChI=1S/C16H21ClN2O3/c1-2-14(16(21)22)18-8-3-9-19(11-10-18)15(20)12-4-6-13(17)7-5-12/h4-7,14H,2-3,8-11H2,1H3,(H,21,22). The van der Waals surface area contributed by atoms with Crippen LogP contribution in [0.3, 0.4) is 0 Å². The van der Waals surface area contributed by atoms with Crippen molar-refractivity contribution >= 4 is 23.5 Å². The van der Waals surface area contributed by atoms with Gasteiger partial charge in [-0.2, -0.15) is 0 Å². The van der Waals surface area contributed by atoms with Gasteiger partial charge in [0, 0.05) is 36.8 Å². The van der Waals surface area contributed by atoms with Crippen LogP contribution in [-0.4, -0.2) is 59.0 Å². The minimum atomic E-state index is -0.792. The molecule has 0 aliphatic carbocycles. The minimum Gasteiger partial charge on any atom is -0.480 e. The molecule has 1 amide bonds. The molecule has 2 rings (SSSR count). The predicted molar refractivity (Wildman–Crippen MR) is 85.3 cm³/mol. The third-order valence-corrected chi connectivity index (χ3v) is 4.27. The summed E-state index contributed by atoms with van der Waals surface area (Å²) in [5, 5.41) is 9.86. The SMILES string of the molecule is CCC(C(=O)O)N1CCCN(C(=O)c2ccc(Cl)cc2)CC1. The summed E-state index contributed by atoms with van der Waals surface area (Å²) >= 11 is 5.84. The van der Waals surface area contributed by atoms with Gasteiger partial charge in [0.15, 0.2) is 0 Å². The topological polar surface area (TPSA) is 60.9 Å². The number of carbonyl (C=O) groups excluding carboxylic acids is 1. The molecule has 0 bridgehead atoms. The van der Waals surface area contributed by atoms with E-state index in [-0.39, 0.29) is 5.91 Å². The molecule has 1 unspecified atom stereocenters. The molecule has 0 radical (unpaired) electrons. The molecule has 1 atom stereocenters. The Morgan fingerprint density at radius 2 is 1.86 bits per heavy atom. The highest BCUT2D eigenvalue weighted by atomic mass is 35.5. The van der Waals surface area contributed by atoms with Gasteiger partial charge in [-0.15, -0.1) is 0 Å². The summed E-state index contributed by atoms with van der Waals surface area (Å²) in [6.07, 6.45) is 1.35. The number of nitrogens with zero attached hydrogens (tertiary/aromatic N) is 2. The van der Waals surface area contributed by atoms with Gasteiger partial charge in [-0.1, -0.05) is 18.5 Å². The maximum Gasteiger partial charge on any atom is 0.320 e. The van der Waals surface area contributed by atoms with Crippen LogP contribution in [0.25, 0.3) is 0 Å². The first kappa shape index (κ1) is 16.8. The lowest BCUT2D eigenvalue weighted by Gasteiger charge is -2.26. The predicted octanol–water partition coefficient (Wildman–Crippen LogP) is 2.35. The van der Waals surface area contributed by atoms with Crippen LogP contribution in [0.4, 0.5) is 0 Å². The zero-order valence-corrected chi connectivity index (χ0v) is 13.4. The van der Waals surface area contributed by atoms with Crippen molar-refractivity contribution in [3.63, 3.8) is 0 Å². The molecular weight excluding hydrogens is 304 g/mol. The number of carboxylic acid groups (broad SMARTS) is 1. The van der Waals surface area contributed by atoms with Gasteiger partial charge >= 0.3 is 5.97 Å². The van der Waals surface area contributed by atoms with Crippen LogP contribution in [0, 0.1) is 0 Å². The first-order valence-corrected chi connectivity index (χ1v) is 7.92. The van der Waals surface area contributed by atoms with Crippen LogP contribution in [-0.2, 0) is 4.79 Å². The van der Waals surface area contributed by atoms with E-state index in [1.807, 2.05) is 11.8 Å². The van der Waals surface area contributed by atoms with Gasteiger partial charge in [0.1, 0.15) is 6.04 Å². The fourth-order valence-electron chi connectivity index (χ4n) is 2.82. The maximum atomic E-state index is 12.5. The molecule has 0 spiro atoms. The molecule has 1 aliphatic heterocycles. The fraction of sp³-hybridized carbons (Fsp3) is 0.500. The summed E-state index contributed by atoms with van der Waals surface area (Å²) in [6, 6.07) is 6.39. The van der Waals surface area contributed by atoms with Crippen LogP contribution < -0.4 is 0 Å². The lowest BCUT2D eigenvalue weighted by molar-refractivity contribution is -0.143. The van der Waals surface area contributed by atoms with Gasteiger partial charge in [0.25, 0.3) is 5.91 Å². The van der Waals surface area contributed by atoms with E-state index < -0.39 is 12.0 Å². The molecule has 1 aliphatic rings. The van der Waals surface area contributed by atoms with Crippen molar-refractivity contribution in [1.29, 1.82) is 0 Å². The number of carboxylic acids is 1. The molecule has 0 saturated carbocycles. The largest absolute Gasteiger partial charge is 0.480 e. The van der Waals surface area contributed by atoms with Gasteiger partial charge in [0.2, 0.25) is 0 Å². The van der Waals surface area contributed by atoms with Gasteiger partial charge in [-0.05, 0) is 37.1 Å². The van der Waals surface area contributed by atoms with Gasteiger partial charge < -0.3 is 10.0 Å². The zero-order valence-electron chi connectivity index (χ0n) is 12.7. The van der Waals surface area contributed by atoms with Crippen molar-refractivity contribution in [1.82, 2.24) is 9.80 Å². The Balaban J connectivity index is 2.02. The number of carbonyl (C=O) groups is 2. The summed E-state index contributed by atoms with van der Waals surface area (Å²) in [6.45, 7) is 4.36. The van der Waals surface area contributed by atoms with Gasteiger partial charge in [-0.25, -0.2) is 0 Å².